The molecular formula is C13H15NO5S. The maximum Gasteiger partial charge on any atom is 0.326 e. The Morgan fingerprint density at radius 2 is 1.90 bits per heavy atom. The molecule has 20 heavy (non-hydrogen) atoms. The van der Waals surface area contributed by atoms with E-state index in [9.17, 15) is 14.4 Å². The first-order chi connectivity index (χ1) is 9.45. The largest absolute Gasteiger partial charge is 0.481 e. The first kappa shape index (κ1) is 16.0. The summed E-state index contributed by atoms with van der Waals surface area (Å²) < 4.78 is 0. The van der Waals surface area contributed by atoms with Crippen molar-refractivity contribution < 1.29 is 24.6 Å². The highest BCUT2D eigenvalue weighted by molar-refractivity contribution is 7.98. The van der Waals surface area contributed by atoms with Crippen molar-refractivity contribution in [2.75, 3.05) is 6.26 Å². The van der Waals surface area contributed by atoms with E-state index in [2.05, 4.69) is 5.32 Å². The molecule has 1 amide bonds. The summed E-state index contributed by atoms with van der Waals surface area (Å²) in [5.74, 6) is -2.87. The summed E-state index contributed by atoms with van der Waals surface area (Å²) >= 11 is 1.38. The number of hydrogen-bond acceptors (Lipinski definition) is 4. The zero-order valence-electron chi connectivity index (χ0n) is 10.8. The van der Waals surface area contributed by atoms with E-state index in [0.29, 0.717) is 5.56 Å². The predicted octanol–water partition coefficient (Wildman–Crippen LogP) is 1.46. The Hall–Kier alpha value is -2.02. The topological polar surface area (TPSA) is 104 Å². The van der Waals surface area contributed by atoms with Gasteiger partial charge < -0.3 is 15.5 Å². The monoisotopic (exact) mass is 297 g/mol. The molecule has 108 valence electrons. The van der Waals surface area contributed by atoms with Crippen LogP contribution in [0.2, 0.25) is 0 Å². The fourth-order valence-electron chi connectivity index (χ4n) is 1.59. The van der Waals surface area contributed by atoms with E-state index in [0.717, 1.165) is 4.90 Å². The lowest BCUT2D eigenvalue weighted by molar-refractivity contribution is -0.140. The van der Waals surface area contributed by atoms with E-state index in [-0.39, 0.29) is 12.8 Å². The van der Waals surface area contributed by atoms with Crippen LogP contribution >= 0.6 is 11.8 Å². The number of carboxylic acid groups (broad SMARTS) is 2. The Balaban J connectivity index is 2.80. The fraction of sp³-hybridized carbons (Fsp3) is 0.308. The highest BCUT2D eigenvalue weighted by atomic mass is 32.2. The number of thioether (sulfide) groups is 1. The number of benzene rings is 1. The maximum absolute atomic E-state index is 12.0. The van der Waals surface area contributed by atoms with Gasteiger partial charge in [-0.1, -0.05) is 12.1 Å². The van der Waals surface area contributed by atoms with Gasteiger partial charge in [-0.2, -0.15) is 0 Å². The minimum absolute atomic E-state index is 0.155. The SMILES string of the molecule is CSc1ccccc1C(=O)NC(CCC(=O)O)C(=O)O. The smallest absolute Gasteiger partial charge is 0.326 e. The number of carbonyl (C=O) groups excluding carboxylic acids is 1. The fourth-order valence-corrected chi connectivity index (χ4v) is 2.19. The third-order valence-electron chi connectivity index (χ3n) is 2.60. The summed E-state index contributed by atoms with van der Waals surface area (Å²) in [5, 5.41) is 19.9. The molecule has 0 aliphatic heterocycles. The van der Waals surface area contributed by atoms with Crippen molar-refractivity contribution in [1.82, 2.24) is 5.32 Å². The van der Waals surface area contributed by atoms with Gasteiger partial charge in [-0.05, 0) is 24.8 Å². The summed E-state index contributed by atoms with van der Waals surface area (Å²) in [6.45, 7) is 0. The second-order valence-corrected chi connectivity index (χ2v) is 4.85. The zero-order valence-corrected chi connectivity index (χ0v) is 11.6. The number of amides is 1. The molecule has 0 fully saturated rings. The Bertz CT molecular complexity index is 517. The average Bonchev–Trinajstić information content (AvgIpc) is 2.42. The standard InChI is InChI=1S/C13H15NO5S/c1-20-10-5-3-2-4-8(10)12(17)14-9(13(18)19)6-7-11(15)16/h2-5,9H,6-7H2,1H3,(H,14,17)(H,15,16)(H,18,19). The third-order valence-corrected chi connectivity index (χ3v) is 3.40. The lowest BCUT2D eigenvalue weighted by Crippen LogP contribution is -2.41. The Labute approximate surface area is 120 Å². The number of hydrogen-bond donors (Lipinski definition) is 3. The quantitative estimate of drug-likeness (QED) is 0.658. The Morgan fingerprint density at radius 3 is 2.45 bits per heavy atom. The van der Waals surface area contributed by atoms with E-state index in [4.69, 9.17) is 10.2 Å². The minimum atomic E-state index is -1.25. The molecule has 1 rings (SSSR count). The summed E-state index contributed by atoms with van der Waals surface area (Å²) in [7, 11) is 0. The first-order valence-electron chi connectivity index (χ1n) is 5.84. The second-order valence-electron chi connectivity index (χ2n) is 4.00. The number of rotatable bonds is 7. The molecule has 0 spiro atoms. The lowest BCUT2D eigenvalue weighted by atomic mass is 10.1. The molecule has 0 bridgehead atoms. The van der Waals surface area contributed by atoms with Crippen LogP contribution in [0.1, 0.15) is 23.2 Å². The summed E-state index contributed by atoms with van der Waals surface area (Å²) in [6.07, 6.45) is 1.34. The number of aliphatic carboxylic acids is 2. The van der Waals surface area contributed by atoms with E-state index in [1.54, 1.807) is 24.3 Å². The van der Waals surface area contributed by atoms with E-state index < -0.39 is 23.9 Å². The average molecular weight is 297 g/mol. The van der Waals surface area contributed by atoms with Gasteiger partial charge in [0.1, 0.15) is 6.04 Å². The molecule has 0 radical (unpaired) electrons. The molecule has 7 heteroatoms. The van der Waals surface area contributed by atoms with Crippen molar-refractivity contribution in [2.45, 2.75) is 23.8 Å². The first-order valence-corrected chi connectivity index (χ1v) is 7.06. The van der Waals surface area contributed by atoms with Gasteiger partial charge in [-0.15, -0.1) is 11.8 Å². The summed E-state index contributed by atoms with van der Waals surface area (Å²) in [5.41, 5.74) is 0.376. The second kappa shape index (κ2) is 7.54. The van der Waals surface area contributed by atoms with Gasteiger partial charge in [-0.25, -0.2) is 4.79 Å². The summed E-state index contributed by atoms with van der Waals surface area (Å²) in [4.78, 5) is 34.3. The van der Waals surface area contributed by atoms with Crippen LogP contribution < -0.4 is 5.32 Å². The van der Waals surface area contributed by atoms with Crippen molar-refractivity contribution in [1.29, 1.82) is 0 Å². The van der Waals surface area contributed by atoms with Crippen LogP contribution in [0.15, 0.2) is 29.2 Å². The van der Waals surface area contributed by atoms with Crippen molar-refractivity contribution >= 4 is 29.6 Å². The highest BCUT2D eigenvalue weighted by Crippen LogP contribution is 2.19. The molecule has 0 aliphatic carbocycles. The number of carboxylic acids is 2. The van der Waals surface area contributed by atoms with Gasteiger partial charge in [0.25, 0.3) is 5.91 Å². The van der Waals surface area contributed by atoms with Gasteiger partial charge >= 0.3 is 11.9 Å². The molecule has 1 unspecified atom stereocenters. The summed E-state index contributed by atoms with van der Waals surface area (Å²) in [6, 6.07) is 5.60. The van der Waals surface area contributed by atoms with Crippen LogP contribution in [0.25, 0.3) is 0 Å². The van der Waals surface area contributed by atoms with Gasteiger partial charge in [0.2, 0.25) is 0 Å². The maximum atomic E-state index is 12.0. The van der Waals surface area contributed by atoms with Crippen molar-refractivity contribution in [3.63, 3.8) is 0 Å². The molecule has 1 aromatic rings. The molecule has 1 atom stereocenters. The van der Waals surface area contributed by atoms with E-state index >= 15 is 0 Å². The molecule has 0 saturated carbocycles. The Morgan fingerprint density at radius 1 is 1.25 bits per heavy atom. The van der Waals surface area contributed by atoms with Crippen LogP contribution in [-0.4, -0.2) is 40.4 Å². The predicted molar refractivity (Wildman–Crippen MR) is 74.0 cm³/mol. The number of nitrogens with one attached hydrogen (secondary N) is 1. The van der Waals surface area contributed by atoms with Crippen LogP contribution in [0.4, 0.5) is 0 Å². The van der Waals surface area contributed by atoms with Crippen molar-refractivity contribution in [3.05, 3.63) is 29.8 Å². The minimum Gasteiger partial charge on any atom is -0.481 e. The normalized spacial score (nSPS) is 11.7. The van der Waals surface area contributed by atoms with Gasteiger partial charge in [0.15, 0.2) is 0 Å². The van der Waals surface area contributed by atoms with Gasteiger partial charge in [0, 0.05) is 11.3 Å². The molecule has 0 aromatic heterocycles. The van der Waals surface area contributed by atoms with Crippen LogP contribution in [0, 0.1) is 0 Å². The Kier molecular flexibility index (Phi) is 6.05. The number of carbonyl (C=O) groups is 3. The lowest BCUT2D eigenvalue weighted by Gasteiger charge is -2.14. The van der Waals surface area contributed by atoms with Gasteiger partial charge in [-0.3, -0.25) is 9.59 Å². The van der Waals surface area contributed by atoms with Crippen LogP contribution in [-0.2, 0) is 9.59 Å². The molecule has 0 saturated heterocycles. The molecule has 0 heterocycles. The molecule has 6 nitrogen and oxygen atoms in total. The molecule has 1 aromatic carbocycles. The van der Waals surface area contributed by atoms with Crippen molar-refractivity contribution in [3.8, 4) is 0 Å². The van der Waals surface area contributed by atoms with Crippen molar-refractivity contribution in [2.24, 2.45) is 0 Å². The molecular weight excluding hydrogens is 282 g/mol. The third kappa shape index (κ3) is 4.58. The van der Waals surface area contributed by atoms with Crippen LogP contribution in [0.5, 0.6) is 0 Å². The zero-order chi connectivity index (χ0) is 15.1. The van der Waals surface area contributed by atoms with E-state index in [1.165, 1.54) is 11.8 Å². The molecule has 3 N–H and O–H groups in total. The molecule has 0 aliphatic rings. The van der Waals surface area contributed by atoms with Crippen LogP contribution in [0.3, 0.4) is 0 Å². The van der Waals surface area contributed by atoms with Gasteiger partial charge in [0.05, 0.1) is 5.56 Å². The van der Waals surface area contributed by atoms with E-state index in [1.807, 2.05) is 6.26 Å². The highest BCUT2D eigenvalue weighted by Gasteiger charge is 2.22.